The number of ketones is 1. The van der Waals surface area contributed by atoms with Crippen molar-refractivity contribution < 1.29 is 14.7 Å². The summed E-state index contributed by atoms with van der Waals surface area (Å²) < 4.78 is 0. The van der Waals surface area contributed by atoms with Crippen LogP contribution < -0.4 is 5.73 Å². The summed E-state index contributed by atoms with van der Waals surface area (Å²) in [6, 6.07) is 4.68. The average molecular weight is 336 g/mol. The molecule has 2 aliphatic rings. The van der Waals surface area contributed by atoms with Crippen molar-refractivity contribution in [1.82, 2.24) is 0 Å². The lowest BCUT2D eigenvalue weighted by Crippen LogP contribution is -2.38. The summed E-state index contributed by atoms with van der Waals surface area (Å²) in [5.41, 5.74) is 5.33. The van der Waals surface area contributed by atoms with Crippen LogP contribution in [0.25, 0.3) is 0 Å². The third-order valence-corrected chi connectivity index (χ3v) is 4.42. The number of fused-ring (bicyclic) bond motifs is 1. The van der Waals surface area contributed by atoms with Crippen molar-refractivity contribution in [3.63, 3.8) is 0 Å². The highest BCUT2D eigenvalue weighted by atomic mass is 35.5. The lowest BCUT2D eigenvalue weighted by Gasteiger charge is -2.32. The van der Waals surface area contributed by atoms with Crippen molar-refractivity contribution in [2.24, 2.45) is 5.73 Å². The number of carbonyl (C=O) groups excluding carboxylic acids is 2. The van der Waals surface area contributed by atoms with E-state index in [-0.39, 0.29) is 15.6 Å². The van der Waals surface area contributed by atoms with Crippen molar-refractivity contribution in [2.75, 3.05) is 0 Å². The SMILES string of the molecule is NC(=O)C1=C2C=CC(O)(C(=O)c3c(Cl)cccc3Cl)C=C2C1. The fraction of sp³-hybridized carbons (Fsp3) is 0.125. The van der Waals surface area contributed by atoms with Crippen molar-refractivity contribution in [2.45, 2.75) is 12.0 Å². The molecule has 6 heteroatoms. The molecule has 0 bridgehead atoms. The lowest BCUT2D eigenvalue weighted by molar-refractivity contribution is -0.114. The summed E-state index contributed by atoms with van der Waals surface area (Å²) >= 11 is 12.0. The van der Waals surface area contributed by atoms with Gasteiger partial charge in [-0.3, -0.25) is 9.59 Å². The number of hydrogen-bond donors (Lipinski definition) is 2. The molecule has 1 unspecified atom stereocenters. The molecular formula is C16H11Cl2NO3. The molecule has 2 aliphatic carbocycles. The third-order valence-electron chi connectivity index (χ3n) is 3.79. The Morgan fingerprint density at radius 2 is 1.86 bits per heavy atom. The number of carbonyl (C=O) groups is 2. The van der Waals surface area contributed by atoms with E-state index < -0.39 is 17.3 Å². The first-order chi connectivity index (χ1) is 10.3. The van der Waals surface area contributed by atoms with Crippen molar-refractivity contribution in [3.8, 4) is 0 Å². The second kappa shape index (κ2) is 5.09. The zero-order chi connectivity index (χ0) is 16.1. The van der Waals surface area contributed by atoms with E-state index in [0.29, 0.717) is 23.1 Å². The molecule has 1 aromatic rings. The summed E-state index contributed by atoms with van der Waals surface area (Å²) in [5.74, 6) is -1.11. The molecule has 3 N–H and O–H groups in total. The van der Waals surface area contributed by atoms with E-state index in [1.807, 2.05) is 0 Å². The first kappa shape index (κ1) is 15.0. The fourth-order valence-electron chi connectivity index (χ4n) is 2.60. The highest BCUT2D eigenvalue weighted by Crippen LogP contribution is 2.41. The molecule has 0 fully saturated rings. The molecule has 4 nitrogen and oxygen atoms in total. The molecule has 0 spiro atoms. The molecule has 112 valence electrons. The first-order valence-electron chi connectivity index (χ1n) is 6.49. The maximum atomic E-state index is 12.6. The molecular weight excluding hydrogens is 325 g/mol. The molecule has 0 radical (unpaired) electrons. The zero-order valence-electron chi connectivity index (χ0n) is 11.3. The number of aliphatic hydroxyl groups is 1. The van der Waals surface area contributed by atoms with Gasteiger partial charge in [-0.2, -0.15) is 0 Å². The van der Waals surface area contributed by atoms with Crippen LogP contribution in [0.5, 0.6) is 0 Å². The Morgan fingerprint density at radius 1 is 1.23 bits per heavy atom. The van der Waals surface area contributed by atoms with Gasteiger partial charge in [0.2, 0.25) is 11.7 Å². The number of hydrogen-bond acceptors (Lipinski definition) is 3. The Labute approximate surface area is 136 Å². The third kappa shape index (κ3) is 2.20. The minimum Gasteiger partial charge on any atom is -0.374 e. The molecule has 0 heterocycles. The van der Waals surface area contributed by atoms with Gasteiger partial charge in [0.1, 0.15) is 0 Å². The molecule has 22 heavy (non-hydrogen) atoms. The number of amides is 1. The van der Waals surface area contributed by atoms with Crippen molar-refractivity contribution in [3.05, 3.63) is 68.8 Å². The second-order valence-electron chi connectivity index (χ2n) is 5.19. The number of allylic oxidation sites excluding steroid dienone is 3. The van der Waals surface area contributed by atoms with E-state index in [9.17, 15) is 14.7 Å². The van der Waals surface area contributed by atoms with Crippen LogP contribution in [0.1, 0.15) is 16.8 Å². The number of halogens is 2. The summed E-state index contributed by atoms with van der Waals surface area (Å²) in [4.78, 5) is 23.8. The Balaban J connectivity index is 2.01. The zero-order valence-corrected chi connectivity index (χ0v) is 12.8. The topological polar surface area (TPSA) is 80.4 Å². The van der Waals surface area contributed by atoms with Gasteiger partial charge in [-0.05, 0) is 35.4 Å². The van der Waals surface area contributed by atoms with Crippen LogP contribution in [-0.2, 0) is 4.79 Å². The predicted octanol–water partition coefficient (Wildman–Crippen LogP) is 2.59. The molecule has 0 saturated carbocycles. The van der Waals surface area contributed by atoms with Gasteiger partial charge in [0.25, 0.3) is 0 Å². The van der Waals surface area contributed by atoms with Gasteiger partial charge in [-0.25, -0.2) is 0 Å². The molecule has 3 rings (SSSR count). The smallest absolute Gasteiger partial charge is 0.245 e. The molecule has 0 aromatic heterocycles. The largest absolute Gasteiger partial charge is 0.374 e. The molecule has 0 saturated heterocycles. The van der Waals surface area contributed by atoms with Crippen molar-refractivity contribution >= 4 is 34.9 Å². The van der Waals surface area contributed by atoms with E-state index in [1.165, 1.54) is 30.4 Å². The van der Waals surface area contributed by atoms with Gasteiger partial charge in [0.05, 0.1) is 15.6 Å². The number of rotatable bonds is 3. The number of nitrogens with two attached hydrogens (primary N) is 1. The molecule has 0 aliphatic heterocycles. The van der Waals surface area contributed by atoms with E-state index in [1.54, 1.807) is 6.07 Å². The summed E-state index contributed by atoms with van der Waals surface area (Å²) in [7, 11) is 0. The standard InChI is InChI=1S/C16H11Cl2NO3/c17-11-2-1-3-12(18)13(11)14(20)16(22)5-4-9-8(7-16)6-10(9)15(19)21/h1-5,7,22H,6H2,(H2,19,21). The van der Waals surface area contributed by atoms with E-state index >= 15 is 0 Å². The highest BCUT2D eigenvalue weighted by molar-refractivity contribution is 6.40. The number of primary amides is 1. The van der Waals surface area contributed by atoms with Crippen LogP contribution in [0.15, 0.2) is 53.1 Å². The van der Waals surface area contributed by atoms with Crippen LogP contribution in [0.2, 0.25) is 10.0 Å². The quantitative estimate of drug-likeness (QED) is 0.833. The van der Waals surface area contributed by atoms with Crippen molar-refractivity contribution in [1.29, 1.82) is 0 Å². The van der Waals surface area contributed by atoms with Crippen LogP contribution in [0.3, 0.4) is 0 Å². The lowest BCUT2D eigenvalue weighted by atomic mass is 9.74. The number of benzene rings is 1. The Hall–Kier alpha value is -1.88. The number of Topliss-reactive ketones (excluding diaryl/α,β-unsaturated/α-hetero) is 1. The summed E-state index contributed by atoms with van der Waals surface area (Å²) in [5, 5.41) is 11.0. The van der Waals surface area contributed by atoms with Crippen LogP contribution in [0, 0.1) is 0 Å². The van der Waals surface area contributed by atoms with Gasteiger partial charge in [-0.15, -0.1) is 0 Å². The summed E-state index contributed by atoms with van der Waals surface area (Å²) in [6.45, 7) is 0. The molecule has 1 aromatic carbocycles. The minimum atomic E-state index is -1.84. The van der Waals surface area contributed by atoms with Crippen LogP contribution >= 0.6 is 23.2 Å². The van der Waals surface area contributed by atoms with Gasteiger partial charge >= 0.3 is 0 Å². The first-order valence-corrected chi connectivity index (χ1v) is 7.24. The highest BCUT2D eigenvalue weighted by Gasteiger charge is 2.40. The normalized spacial score (nSPS) is 22.8. The monoisotopic (exact) mass is 335 g/mol. The Bertz CT molecular complexity index is 787. The minimum absolute atomic E-state index is 0.0664. The predicted molar refractivity (Wildman–Crippen MR) is 83.8 cm³/mol. The van der Waals surface area contributed by atoms with Crippen LogP contribution in [0.4, 0.5) is 0 Å². The van der Waals surface area contributed by atoms with Gasteiger partial charge in [-0.1, -0.05) is 35.3 Å². The molecule has 1 atom stereocenters. The van der Waals surface area contributed by atoms with Gasteiger partial charge in [0.15, 0.2) is 5.60 Å². The van der Waals surface area contributed by atoms with Gasteiger partial charge in [0, 0.05) is 12.0 Å². The van der Waals surface area contributed by atoms with Gasteiger partial charge < -0.3 is 10.8 Å². The van der Waals surface area contributed by atoms with Crippen LogP contribution in [-0.4, -0.2) is 22.4 Å². The van der Waals surface area contributed by atoms with E-state index in [2.05, 4.69) is 0 Å². The maximum absolute atomic E-state index is 12.6. The maximum Gasteiger partial charge on any atom is 0.245 e. The Morgan fingerprint density at radius 3 is 2.41 bits per heavy atom. The summed E-state index contributed by atoms with van der Waals surface area (Å²) in [6.07, 6.45) is 4.59. The Kier molecular flexibility index (Phi) is 3.48. The molecule has 1 amide bonds. The fourth-order valence-corrected chi connectivity index (χ4v) is 3.17. The average Bonchev–Trinajstić information content (AvgIpc) is 2.41. The van der Waals surface area contributed by atoms with E-state index in [0.717, 1.165) is 0 Å². The second-order valence-corrected chi connectivity index (χ2v) is 6.00. The van der Waals surface area contributed by atoms with E-state index in [4.69, 9.17) is 28.9 Å².